The highest BCUT2D eigenvalue weighted by atomic mass is 16.5. The van der Waals surface area contributed by atoms with Gasteiger partial charge >= 0.3 is 0 Å². The maximum Gasteiger partial charge on any atom is 0.225 e. The number of hydrogen-bond acceptors (Lipinski definition) is 2. The van der Waals surface area contributed by atoms with E-state index in [4.69, 9.17) is 4.74 Å². The highest BCUT2D eigenvalue weighted by Gasteiger charge is 2.20. The maximum atomic E-state index is 11.5. The molecule has 1 heterocycles. The Labute approximate surface area is 85.5 Å². The van der Waals surface area contributed by atoms with Gasteiger partial charge in [-0.1, -0.05) is 12.2 Å². The van der Waals surface area contributed by atoms with Crippen LogP contribution in [0.2, 0.25) is 0 Å². The third-order valence-corrected chi connectivity index (χ3v) is 2.38. The quantitative estimate of drug-likeness (QED) is 0.548. The first-order chi connectivity index (χ1) is 6.84. The molecule has 1 aliphatic heterocycles. The summed E-state index contributed by atoms with van der Waals surface area (Å²) in [5, 5.41) is 2.92. The van der Waals surface area contributed by atoms with Crippen molar-refractivity contribution in [3.05, 3.63) is 12.2 Å². The largest absolute Gasteiger partial charge is 0.381 e. The van der Waals surface area contributed by atoms with Crippen LogP contribution in [0.25, 0.3) is 0 Å². The zero-order valence-electron chi connectivity index (χ0n) is 8.79. The van der Waals surface area contributed by atoms with Crippen molar-refractivity contribution in [1.29, 1.82) is 0 Å². The van der Waals surface area contributed by atoms with Crippen molar-refractivity contribution in [2.24, 2.45) is 5.92 Å². The molecule has 14 heavy (non-hydrogen) atoms. The molecule has 1 amide bonds. The molecule has 3 heteroatoms. The molecular weight excluding hydrogens is 178 g/mol. The molecule has 0 aromatic carbocycles. The molecule has 1 rings (SSSR count). The number of rotatable bonds is 4. The van der Waals surface area contributed by atoms with Crippen LogP contribution in [-0.4, -0.2) is 25.7 Å². The van der Waals surface area contributed by atoms with Crippen LogP contribution < -0.4 is 5.32 Å². The summed E-state index contributed by atoms with van der Waals surface area (Å²) in [5.41, 5.74) is 0. The Kier molecular flexibility index (Phi) is 5.30. The van der Waals surface area contributed by atoms with Crippen LogP contribution >= 0.6 is 0 Å². The van der Waals surface area contributed by atoms with E-state index in [-0.39, 0.29) is 11.8 Å². The van der Waals surface area contributed by atoms with E-state index in [0.717, 1.165) is 32.4 Å². The summed E-state index contributed by atoms with van der Waals surface area (Å²) < 4.78 is 5.26. The Balaban J connectivity index is 2.13. The van der Waals surface area contributed by atoms with Crippen molar-refractivity contribution < 1.29 is 9.53 Å². The highest BCUT2D eigenvalue weighted by molar-refractivity contribution is 5.78. The number of carbonyl (C=O) groups excluding carboxylic acids is 1. The van der Waals surface area contributed by atoms with Crippen molar-refractivity contribution in [1.82, 2.24) is 5.32 Å². The second kappa shape index (κ2) is 6.60. The minimum absolute atomic E-state index is 0.0781. The molecule has 0 bridgehead atoms. The summed E-state index contributed by atoms with van der Waals surface area (Å²) in [7, 11) is 0. The lowest BCUT2D eigenvalue weighted by Gasteiger charge is -2.20. The minimum Gasteiger partial charge on any atom is -0.381 e. The van der Waals surface area contributed by atoms with Gasteiger partial charge in [0, 0.05) is 13.2 Å². The van der Waals surface area contributed by atoms with E-state index >= 15 is 0 Å². The van der Waals surface area contributed by atoms with Crippen LogP contribution in [0, 0.1) is 5.92 Å². The number of carbonyl (C=O) groups is 1. The second-order valence-corrected chi connectivity index (χ2v) is 3.56. The zero-order chi connectivity index (χ0) is 10.2. The Morgan fingerprint density at radius 1 is 1.64 bits per heavy atom. The first kappa shape index (κ1) is 11.2. The molecule has 1 atom stereocenters. The first-order valence-electron chi connectivity index (χ1n) is 5.31. The molecule has 0 aromatic heterocycles. The normalized spacial score (nSPS) is 22.5. The maximum absolute atomic E-state index is 11.5. The fraction of sp³-hybridized carbons (Fsp3) is 0.727. The summed E-state index contributed by atoms with van der Waals surface area (Å²) in [4.78, 5) is 11.5. The minimum atomic E-state index is 0.0781. The van der Waals surface area contributed by atoms with Gasteiger partial charge in [0.1, 0.15) is 0 Å². The topological polar surface area (TPSA) is 38.3 Å². The molecule has 80 valence electrons. The van der Waals surface area contributed by atoms with Gasteiger partial charge in [-0.25, -0.2) is 0 Å². The highest BCUT2D eigenvalue weighted by Crippen LogP contribution is 2.13. The van der Waals surface area contributed by atoms with E-state index in [0.29, 0.717) is 6.61 Å². The summed E-state index contributed by atoms with van der Waals surface area (Å²) in [6, 6.07) is 0. The van der Waals surface area contributed by atoms with Gasteiger partial charge in [0.05, 0.1) is 12.5 Å². The van der Waals surface area contributed by atoms with E-state index in [1.165, 1.54) is 0 Å². The van der Waals surface area contributed by atoms with Gasteiger partial charge in [-0.3, -0.25) is 4.79 Å². The number of hydrogen-bond donors (Lipinski definition) is 1. The van der Waals surface area contributed by atoms with Gasteiger partial charge in [0.25, 0.3) is 0 Å². The zero-order valence-corrected chi connectivity index (χ0v) is 8.79. The monoisotopic (exact) mass is 197 g/mol. The molecule has 1 aliphatic rings. The smallest absolute Gasteiger partial charge is 0.225 e. The van der Waals surface area contributed by atoms with Crippen LogP contribution in [0.4, 0.5) is 0 Å². The molecular formula is C11H19NO2. The number of nitrogens with one attached hydrogen (secondary N) is 1. The third kappa shape index (κ3) is 3.92. The standard InChI is InChI=1S/C11H19NO2/c1-2-3-4-7-12-11(13)10-6-5-8-14-9-10/h2-3,10H,4-9H2,1H3,(H,12,13)/b3-2+. The van der Waals surface area contributed by atoms with Gasteiger partial charge in [0.15, 0.2) is 0 Å². The van der Waals surface area contributed by atoms with Gasteiger partial charge in [-0.05, 0) is 26.2 Å². The van der Waals surface area contributed by atoms with Gasteiger partial charge < -0.3 is 10.1 Å². The molecule has 0 aromatic rings. The van der Waals surface area contributed by atoms with Crippen molar-refractivity contribution in [3.8, 4) is 0 Å². The Morgan fingerprint density at radius 3 is 3.14 bits per heavy atom. The molecule has 0 radical (unpaired) electrons. The van der Waals surface area contributed by atoms with E-state index in [2.05, 4.69) is 11.4 Å². The fourth-order valence-electron chi connectivity index (χ4n) is 1.54. The van der Waals surface area contributed by atoms with E-state index in [9.17, 15) is 4.79 Å². The predicted octanol–water partition coefficient (Wildman–Crippen LogP) is 1.50. The summed E-state index contributed by atoms with van der Waals surface area (Å²) in [6.45, 7) is 4.12. The molecule has 3 nitrogen and oxygen atoms in total. The predicted molar refractivity (Wildman–Crippen MR) is 56.0 cm³/mol. The summed E-state index contributed by atoms with van der Waals surface area (Å²) in [6.07, 6.45) is 6.94. The lowest BCUT2D eigenvalue weighted by atomic mass is 10.0. The average Bonchev–Trinajstić information content (AvgIpc) is 2.25. The Bertz CT molecular complexity index is 195. The molecule has 0 saturated carbocycles. The fourth-order valence-corrected chi connectivity index (χ4v) is 1.54. The molecule has 1 saturated heterocycles. The van der Waals surface area contributed by atoms with Crippen molar-refractivity contribution in [3.63, 3.8) is 0 Å². The second-order valence-electron chi connectivity index (χ2n) is 3.56. The van der Waals surface area contributed by atoms with Crippen LogP contribution in [0.1, 0.15) is 26.2 Å². The van der Waals surface area contributed by atoms with Crippen LogP contribution in [-0.2, 0) is 9.53 Å². The molecule has 1 fully saturated rings. The molecule has 1 N–H and O–H groups in total. The molecule has 0 spiro atoms. The van der Waals surface area contributed by atoms with Crippen LogP contribution in [0.3, 0.4) is 0 Å². The molecule has 0 aliphatic carbocycles. The third-order valence-electron chi connectivity index (χ3n) is 2.38. The van der Waals surface area contributed by atoms with E-state index < -0.39 is 0 Å². The lowest BCUT2D eigenvalue weighted by Crippen LogP contribution is -2.35. The lowest BCUT2D eigenvalue weighted by molar-refractivity contribution is -0.128. The van der Waals surface area contributed by atoms with E-state index in [1.54, 1.807) is 0 Å². The summed E-state index contributed by atoms with van der Waals surface area (Å²) >= 11 is 0. The summed E-state index contributed by atoms with van der Waals surface area (Å²) in [5.74, 6) is 0.226. The van der Waals surface area contributed by atoms with Gasteiger partial charge in [0.2, 0.25) is 5.91 Å². The van der Waals surface area contributed by atoms with E-state index in [1.807, 2.05) is 13.0 Å². The van der Waals surface area contributed by atoms with Gasteiger partial charge in [-0.2, -0.15) is 0 Å². The number of allylic oxidation sites excluding steroid dienone is 1. The van der Waals surface area contributed by atoms with Gasteiger partial charge in [-0.15, -0.1) is 0 Å². The number of ether oxygens (including phenoxy) is 1. The average molecular weight is 197 g/mol. The van der Waals surface area contributed by atoms with Crippen molar-refractivity contribution >= 4 is 5.91 Å². The van der Waals surface area contributed by atoms with Crippen molar-refractivity contribution in [2.75, 3.05) is 19.8 Å². The molecule has 1 unspecified atom stereocenters. The van der Waals surface area contributed by atoms with Crippen molar-refractivity contribution in [2.45, 2.75) is 26.2 Å². The Hall–Kier alpha value is -0.830. The number of amides is 1. The first-order valence-corrected chi connectivity index (χ1v) is 5.31. The SMILES string of the molecule is C/C=C/CCNC(=O)C1CCCOC1. The van der Waals surface area contributed by atoms with Crippen LogP contribution in [0.15, 0.2) is 12.2 Å². The Morgan fingerprint density at radius 2 is 2.50 bits per heavy atom. The van der Waals surface area contributed by atoms with Crippen LogP contribution in [0.5, 0.6) is 0 Å².